The summed E-state index contributed by atoms with van der Waals surface area (Å²) in [6.07, 6.45) is 1.35. The Hall–Kier alpha value is -4.96. The summed E-state index contributed by atoms with van der Waals surface area (Å²) in [5, 5.41) is 14.2. The van der Waals surface area contributed by atoms with Crippen LogP contribution in [0.2, 0.25) is 0 Å². The number of aryl methyl sites for hydroxylation is 1. The van der Waals surface area contributed by atoms with Gasteiger partial charge >= 0.3 is 0 Å². The van der Waals surface area contributed by atoms with E-state index in [2.05, 4.69) is 18.2 Å². The van der Waals surface area contributed by atoms with Crippen molar-refractivity contribution in [3.05, 3.63) is 102 Å². The molecule has 1 aromatic heterocycles. The van der Waals surface area contributed by atoms with E-state index in [1.807, 2.05) is 61.5 Å². The number of benzene rings is 3. The zero-order valence-electron chi connectivity index (χ0n) is 26.5. The predicted octanol–water partition coefficient (Wildman–Crippen LogP) is 3.83. The third kappa shape index (κ3) is 6.39. The van der Waals surface area contributed by atoms with Crippen molar-refractivity contribution in [1.29, 1.82) is 0 Å². The highest BCUT2D eigenvalue weighted by Gasteiger charge is 2.50. The second-order valence-electron chi connectivity index (χ2n) is 12.3. The molecule has 4 aromatic rings. The minimum absolute atomic E-state index is 0.000342. The van der Waals surface area contributed by atoms with Crippen LogP contribution in [0.3, 0.4) is 0 Å². The molecule has 0 bridgehead atoms. The van der Waals surface area contributed by atoms with Crippen molar-refractivity contribution in [2.75, 3.05) is 39.1 Å². The topological polar surface area (TPSA) is 101 Å². The Morgan fingerprint density at radius 3 is 2.41 bits per heavy atom. The first kappa shape index (κ1) is 31.0. The highest BCUT2D eigenvalue weighted by Crippen LogP contribution is 2.31. The minimum atomic E-state index is -0.819. The number of likely N-dealkylation sites (N-methyl/N-ethyl adjacent to an activating group) is 1. The average molecular weight is 621 g/mol. The van der Waals surface area contributed by atoms with Gasteiger partial charge in [0.2, 0.25) is 17.7 Å². The van der Waals surface area contributed by atoms with Crippen LogP contribution in [0.15, 0.2) is 84.9 Å². The summed E-state index contributed by atoms with van der Waals surface area (Å²) >= 11 is 0. The normalized spacial score (nSPS) is 18.6. The average Bonchev–Trinajstić information content (AvgIpc) is 3.04. The van der Waals surface area contributed by atoms with Crippen molar-refractivity contribution in [2.24, 2.45) is 0 Å². The molecule has 0 spiro atoms. The largest absolute Gasteiger partial charge is 0.508 e. The van der Waals surface area contributed by atoms with E-state index in [0.29, 0.717) is 12.8 Å². The first-order chi connectivity index (χ1) is 22.2. The third-order valence-electron chi connectivity index (χ3n) is 8.82. The Kier molecular flexibility index (Phi) is 8.90. The van der Waals surface area contributed by atoms with Crippen LogP contribution in [0, 0.1) is 0 Å². The number of rotatable bonds is 9. The van der Waals surface area contributed by atoms with Gasteiger partial charge in [0.25, 0.3) is 0 Å². The first-order valence-electron chi connectivity index (χ1n) is 15.7. The Labute approximate surface area is 269 Å². The van der Waals surface area contributed by atoms with Gasteiger partial charge in [-0.25, -0.2) is 9.99 Å². The van der Waals surface area contributed by atoms with Crippen LogP contribution in [0.5, 0.6) is 5.75 Å². The fraction of sp³-hybridized carbons (Fsp3) is 0.333. The van der Waals surface area contributed by atoms with Gasteiger partial charge in [-0.1, -0.05) is 60.7 Å². The predicted molar refractivity (Wildman–Crippen MR) is 177 cm³/mol. The number of anilines is 1. The van der Waals surface area contributed by atoms with Crippen molar-refractivity contribution >= 4 is 34.4 Å². The Morgan fingerprint density at radius 2 is 1.67 bits per heavy atom. The standard InChI is InChI=1S/C36H40N6O4/c1-38(2)35-28(21-27-13-7-8-14-30(27)37-35)22-40-23-32-41(31(36(40)46)20-26-16-18-29(43)19-17-26)34(45)24-39(3)42(32)33(44)15-9-12-25-10-5-4-6-11-25/h4-8,10-11,13-14,16-19,21,31-32,43H,9,12,15,20,22-24H2,1-3H3/t31-,32?/m0/s1. The number of carbonyl (C=O) groups excluding carboxylic acids is 3. The van der Waals surface area contributed by atoms with Gasteiger partial charge in [0.1, 0.15) is 23.8 Å². The van der Waals surface area contributed by atoms with Crippen LogP contribution < -0.4 is 4.90 Å². The molecule has 2 aliphatic heterocycles. The molecule has 46 heavy (non-hydrogen) atoms. The number of hydrogen-bond donors (Lipinski definition) is 1. The van der Waals surface area contributed by atoms with Gasteiger partial charge in [0, 0.05) is 51.5 Å². The van der Waals surface area contributed by atoms with Crippen LogP contribution in [0.4, 0.5) is 5.82 Å². The Balaban J connectivity index is 1.33. The molecule has 0 aliphatic carbocycles. The summed E-state index contributed by atoms with van der Waals surface area (Å²) in [5.74, 6) is 0.423. The van der Waals surface area contributed by atoms with E-state index in [0.717, 1.165) is 34.3 Å². The number of pyridine rings is 1. The monoisotopic (exact) mass is 620 g/mol. The highest BCUT2D eigenvalue weighted by molar-refractivity contribution is 5.92. The molecule has 2 atom stereocenters. The van der Waals surface area contributed by atoms with Crippen LogP contribution in [-0.2, 0) is 33.8 Å². The molecule has 10 heteroatoms. The SMILES string of the molecule is CN(C)c1nc2ccccc2cc1CN1CC2N(C(=O)CN(C)N2C(=O)CCCc2ccccc2)[C@@H](Cc2ccc(O)cc2)C1=O. The molecule has 238 valence electrons. The summed E-state index contributed by atoms with van der Waals surface area (Å²) in [5.41, 5.74) is 3.72. The summed E-state index contributed by atoms with van der Waals surface area (Å²) in [4.78, 5) is 52.2. The van der Waals surface area contributed by atoms with Crippen LogP contribution >= 0.6 is 0 Å². The number of para-hydroxylation sites is 1. The van der Waals surface area contributed by atoms with Crippen molar-refractivity contribution < 1.29 is 19.5 Å². The lowest BCUT2D eigenvalue weighted by molar-refractivity contribution is -0.203. The minimum Gasteiger partial charge on any atom is -0.508 e. The smallest absolute Gasteiger partial charge is 0.246 e. The molecule has 3 amide bonds. The van der Waals surface area contributed by atoms with Crippen LogP contribution in [0.1, 0.15) is 29.5 Å². The summed E-state index contributed by atoms with van der Waals surface area (Å²) in [6.45, 7) is 0.444. The van der Waals surface area contributed by atoms with E-state index >= 15 is 0 Å². The fourth-order valence-corrected chi connectivity index (χ4v) is 6.63. The van der Waals surface area contributed by atoms with Crippen molar-refractivity contribution in [3.63, 3.8) is 0 Å². The number of amides is 3. The van der Waals surface area contributed by atoms with E-state index in [1.165, 1.54) is 5.56 Å². The van der Waals surface area contributed by atoms with Gasteiger partial charge in [-0.2, -0.15) is 0 Å². The molecular formula is C36H40N6O4. The fourth-order valence-electron chi connectivity index (χ4n) is 6.63. The number of carbonyl (C=O) groups is 3. The van der Waals surface area contributed by atoms with E-state index in [4.69, 9.17) is 4.98 Å². The van der Waals surface area contributed by atoms with Crippen molar-refractivity contribution in [2.45, 2.75) is 44.4 Å². The maximum atomic E-state index is 14.4. The number of nitrogens with zero attached hydrogens (tertiary/aromatic N) is 6. The zero-order valence-corrected chi connectivity index (χ0v) is 26.5. The van der Waals surface area contributed by atoms with E-state index in [1.54, 1.807) is 51.1 Å². The highest BCUT2D eigenvalue weighted by atomic mass is 16.3. The third-order valence-corrected chi connectivity index (χ3v) is 8.82. The van der Waals surface area contributed by atoms with Gasteiger partial charge in [0.05, 0.1) is 18.6 Å². The quantitative estimate of drug-likeness (QED) is 0.304. The van der Waals surface area contributed by atoms with Gasteiger partial charge < -0.3 is 19.8 Å². The van der Waals surface area contributed by atoms with Crippen LogP contribution in [0.25, 0.3) is 10.9 Å². The van der Waals surface area contributed by atoms with Crippen LogP contribution in [-0.4, -0.2) is 94.1 Å². The molecule has 10 nitrogen and oxygen atoms in total. The maximum Gasteiger partial charge on any atom is 0.246 e. The van der Waals surface area contributed by atoms with Crippen molar-refractivity contribution in [1.82, 2.24) is 24.8 Å². The van der Waals surface area contributed by atoms with E-state index in [-0.39, 0.29) is 49.5 Å². The molecule has 3 heterocycles. The van der Waals surface area contributed by atoms with Crippen molar-refractivity contribution in [3.8, 4) is 5.75 Å². The molecule has 6 rings (SSSR count). The number of hydrazine groups is 1. The summed E-state index contributed by atoms with van der Waals surface area (Å²) in [7, 11) is 5.62. The number of aromatic nitrogens is 1. The van der Waals surface area contributed by atoms with Gasteiger partial charge in [0.15, 0.2) is 0 Å². The number of aromatic hydroxyl groups is 1. The van der Waals surface area contributed by atoms with E-state index in [9.17, 15) is 19.5 Å². The second kappa shape index (κ2) is 13.2. The maximum absolute atomic E-state index is 14.4. The van der Waals surface area contributed by atoms with E-state index < -0.39 is 12.2 Å². The van der Waals surface area contributed by atoms with Gasteiger partial charge in [-0.3, -0.25) is 19.4 Å². The molecule has 3 aromatic carbocycles. The molecule has 0 saturated carbocycles. The second-order valence-corrected chi connectivity index (χ2v) is 12.3. The summed E-state index contributed by atoms with van der Waals surface area (Å²) in [6, 6.07) is 25.9. The number of phenolic OH excluding ortho intramolecular Hbond substituents is 1. The zero-order chi connectivity index (χ0) is 32.4. The Morgan fingerprint density at radius 1 is 0.957 bits per heavy atom. The molecule has 1 N–H and O–H groups in total. The number of piperazine rings is 1. The molecular weight excluding hydrogens is 580 g/mol. The molecule has 0 radical (unpaired) electrons. The first-order valence-corrected chi connectivity index (χ1v) is 15.7. The molecule has 2 aliphatic rings. The van der Waals surface area contributed by atoms with Gasteiger partial charge in [-0.15, -0.1) is 0 Å². The number of fused-ring (bicyclic) bond motifs is 2. The summed E-state index contributed by atoms with van der Waals surface area (Å²) < 4.78 is 0. The molecule has 1 unspecified atom stereocenters. The Bertz CT molecular complexity index is 1730. The number of phenols is 1. The lowest BCUT2D eigenvalue weighted by Gasteiger charge is -2.54. The van der Waals surface area contributed by atoms with Gasteiger partial charge in [-0.05, 0) is 48.2 Å². The lowest BCUT2D eigenvalue weighted by atomic mass is 9.98. The molecule has 2 fully saturated rings. The lowest BCUT2D eigenvalue weighted by Crippen LogP contribution is -2.75. The number of hydrogen-bond acceptors (Lipinski definition) is 7. The molecule has 2 saturated heterocycles.